The number of nitrogens with zero attached hydrogens (tertiary/aromatic N) is 2. The van der Waals surface area contributed by atoms with Crippen LogP contribution in [0, 0.1) is 0 Å². The monoisotopic (exact) mass is 648 g/mol. The molecular formula is C46H40N2Si. The third-order valence-electron chi connectivity index (χ3n) is 10.9. The van der Waals surface area contributed by atoms with Gasteiger partial charge in [0.2, 0.25) is 0 Å². The van der Waals surface area contributed by atoms with Crippen LogP contribution in [0.15, 0.2) is 146 Å². The third-order valence-corrected chi connectivity index (χ3v) is 14.5. The molecule has 0 bridgehead atoms. The lowest BCUT2D eigenvalue weighted by molar-refractivity contribution is 0.827. The van der Waals surface area contributed by atoms with Crippen molar-refractivity contribution < 1.29 is 0 Å². The Bertz CT molecular complexity index is 2450. The summed E-state index contributed by atoms with van der Waals surface area (Å²) in [5.74, 6) is 0. The van der Waals surface area contributed by atoms with E-state index in [9.17, 15) is 0 Å². The lowest BCUT2D eigenvalue weighted by atomic mass is 9.89. The predicted octanol–water partition coefficient (Wildman–Crippen LogP) is 12.3. The first-order chi connectivity index (χ1) is 24.0. The number of rotatable bonds is 6. The van der Waals surface area contributed by atoms with Crippen LogP contribution in [0.2, 0.25) is 13.1 Å². The fourth-order valence-electron chi connectivity index (χ4n) is 8.90. The van der Waals surface area contributed by atoms with E-state index in [0.29, 0.717) is 0 Å². The molecule has 0 unspecified atom stereocenters. The Morgan fingerprint density at radius 2 is 0.755 bits per heavy atom. The van der Waals surface area contributed by atoms with Crippen molar-refractivity contribution in [3.8, 4) is 0 Å². The van der Waals surface area contributed by atoms with Crippen LogP contribution in [0.25, 0.3) is 65.2 Å². The smallest absolute Gasteiger partial charge is 0.115 e. The van der Waals surface area contributed by atoms with Crippen LogP contribution < -0.4 is 0 Å². The van der Waals surface area contributed by atoms with Gasteiger partial charge >= 0.3 is 0 Å². The molecule has 0 saturated carbocycles. The molecule has 0 radical (unpaired) electrons. The van der Waals surface area contributed by atoms with E-state index >= 15 is 0 Å². The van der Waals surface area contributed by atoms with E-state index in [1.165, 1.54) is 87.4 Å². The Morgan fingerprint density at radius 3 is 1.16 bits per heavy atom. The average Bonchev–Trinajstić information content (AvgIpc) is 3.73. The van der Waals surface area contributed by atoms with Gasteiger partial charge in [0.1, 0.15) is 8.07 Å². The second-order valence-electron chi connectivity index (χ2n) is 13.8. The summed E-state index contributed by atoms with van der Waals surface area (Å²) >= 11 is 0. The highest BCUT2D eigenvalue weighted by Gasteiger charge is 2.44. The lowest BCUT2D eigenvalue weighted by Crippen LogP contribution is -2.28. The molecule has 9 rings (SSSR count). The fraction of sp³-hybridized carbons (Fsp3) is 0.130. The highest BCUT2D eigenvalue weighted by atomic mass is 28.3. The zero-order chi connectivity index (χ0) is 33.3. The molecule has 0 fully saturated rings. The predicted molar refractivity (Wildman–Crippen MR) is 214 cm³/mol. The van der Waals surface area contributed by atoms with Gasteiger partial charge in [-0.25, -0.2) is 0 Å². The standard InChI is InChI=1S/C46H40N2Si/c1-5-47-39-23-15-13-21-35(39)37-29-33(25-27-41(37)47)45-43(31-17-9-7-10-18-31)44(32-19-11-8-12-20-32)46(49(45,3)4)34-26-28-42-38(30-34)36-22-14-16-24-40(36)48(42)6-2/h7-30H,5-6H2,1-4H3. The number of aromatic nitrogens is 2. The minimum atomic E-state index is -2.34. The quantitative estimate of drug-likeness (QED) is 0.159. The SMILES string of the molecule is CCn1c2ccccc2c2cc(C3=C(c4ccccc4)C(c4ccccc4)=C(c4ccc5c(c4)c4ccccc4n5CC)[Si]3(C)C)ccc21. The molecule has 8 aromatic rings. The van der Waals surface area contributed by atoms with Gasteiger partial charge in [-0.05, 0) is 94.0 Å². The van der Waals surface area contributed by atoms with Crippen molar-refractivity contribution in [2.45, 2.75) is 40.0 Å². The zero-order valence-corrected chi connectivity index (χ0v) is 29.7. The highest BCUT2D eigenvalue weighted by molar-refractivity contribution is 7.13. The summed E-state index contributed by atoms with van der Waals surface area (Å²) in [6.45, 7) is 11.6. The number of hydrogen-bond acceptors (Lipinski definition) is 0. The molecule has 1 aliphatic rings. The van der Waals surface area contributed by atoms with E-state index in [1.54, 1.807) is 0 Å². The normalized spacial score (nSPS) is 14.7. The number of allylic oxidation sites excluding steroid dienone is 2. The summed E-state index contributed by atoms with van der Waals surface area (Å²) in [4.78, 5) is 0. The molecule has 49 heavy (non-hydrogen) atoms. The summed E-state index contributed by atoms with van der Waals surface area (Å²) in [5, 5.41) is 8.36. The minimum absolute atomic E-state index is 0.947. The van der Waals surface area contributed by atoms with Crippen molar-refractivity contribution in [1.29, 1.82) is 0 Å². The van der Waals surface area contributed by atoms with E-state index in [1.807, 2.05) is 0 Å². The summed E-state index contributed by atoms with van der Waals surface area (Å²) in [6.07, 6.45) is 0. The zero-order valence-electron chi connectivity index (χ0n) is 28.7. The van der Waals surface area contributed by atoms with E-state index in [4.69, 9.17) is 0 Å². The fourth-order valence-corrected chi connectivity index (χ4v) is 12.7. The summed E-state index contributed by atoms with van der Waals surface area (Å²) in [5.41, 5.74) is 13.2. The van der Waals surface area contributed by atoms with Crippen LogP contribution >= 0.6 is 0 Å². The first-order valence-corrected chi connectivity index (χ1v) is 20.6. The van der Waals surface area contributed by atoms with Crippen LogP contribution in [0.5, 0.6) is 0 Å². The largest absolute Gasteiger partial charge is 0.341 e. The summed E-state index contributed by atoms with van der Waals surface area (Å²) in [7, 11) is -2.34. The van der Waals surface area contributed by atoms with Crippen molar-refractivity contribution in [3.05, 3.63) is 168 Å². The Hall–Kier alpha value is -5.38. The van der Waals surface area contributed by atoms with Crippen molar-refractivity contribution in [1.82, 2.24) is 9.13 Å². The van der Waals surface area contributed by atoms with Crippen LogP contribution in [-0.4, -0.2) is 17.2 Å². The summed E-state index contributed by atoms with van der Waals surface area (Å²) < 4.78 is 4.92. The molecule has 2 aromatic heterocycles. The molecule has 238 valence electrons. The molecule has 3 heteroatoms. The molecule has 1 aliphatic heterocycles. The molecule has 0 N–H and O–H groups in total. The molecule has 0 spiro atoms. The molecule has 0 aliphatic carbocycles. The van der Waals surface area contributed by atoms with Gasteiger partial charge < -0.3 is 9.13 Å². The number of benzene rings is 6. The van der Waals surface area contributed by atoms with Gasteiger partial charge in [0.25, 0.3) is 0 Å². The number of para-hydroxylation sites is 2. The Morgan fingerprint density at radius 1 is 0.388 bits per heavy atom. The van der Waals surface area contributed by atoms with Gasteiger partial charge in [0, 0.05) is 56.7 Å². The van der Waals surface area contributed by atoms with Gasteiger partial charge in [-0.3, -0.25) is 0 Å². The second kappa shape index (κ2) is 11.4. The molecule has 0 saturated heterocycles. The molecule has 0 atom stereocenters. The van der Waals surface area contributed by atoms with Gasteiger partial charge in [0.15, 0.2) is 0 Å². The van der Waals surface area contributed by atoms with Crippen molar-refractivity contribution in [2.24, 2.45) is 0 Å². The van der Waals surface area contributed by atoms with E-state index in [2.05, 4.69) is 182 Å². The lowest BCUT2D eigenvalue weighted by Gasteiger charge is -2.27. The minimum Gasteiger partial charge on any atom is -0.341 e. The second-order valence-corrected chi connectivity index (χ2v) is 18.1. The third kappa shape index (κ3) is 4.39. The van der Waals surface area contributed by atoms with Crippen LogP contribution in [-0.2, 0) is 13.1 Å². The maximum atomic E-state index is 2.58. The first-order valence-electron chi connectivity index (χ1n) is 17.6. The van der Waals surface area contributed by atoms with Crippen LogP contribution in [0.3, 0.4) is 0 Å². The van der Waals surface area contributed by atoms with Gasteiger partial charge in [0.05, 0.1) is 0 Å². The van der Waals surface area contributed by atoms with Gasteiger partial charge in [-0.1, -0.05) is 122 Å². The molecule has 2 nitrogen and oxygen atoms in total. The maximum Gasteiger partial charge on any atom is 0.115 e. The topological polar surface area (TPSA) is 9.86 Å². The number of hydrogen-bond donors (Lipinski definition) is 0. The summed E-state index contributed by atoms with van der Waals surface area (Å²) in [6, 6.07) is 54.6. The molecular weight excluding hydrogens is 609 g/mol. The van der Waals surface area contributed by atoms with E-state index in [-0.39, 0.29) is 0 Å². The van der Waals surface area contributed by atoms with Crippen molar-refractivity contribution in [3.63, 3.8) is 0 Å². The first kappa shape index (κ1) is 29.7. The van der Waals surface area contributed by atoms with E-state index < -0.39 is 8.07 Å². The molecule has 3 heterocycles. The van der Waals surface area contributed by atoms with Gasteiger partial charge in [-0.15, -0.1) is 0 Å². The Kier molecular flexibility index (Phi) is 6.89. The van der Waals surface area contributed by atoms with Crippen LogP contribution in [0.1, 0.15) is 36.1 Å². The van der Waals surface area contributed by atoms with Crippen molar-refractivity contribution >= 4 is 73.2 Å². The van der Waals surface area contributed by atoms with Crippen LogP contribution in [0.4, 0.5) is 0 Å². The number of fused-ring (bicyclic) bond motifs is 6. The van der Waals surface area contributed by atoms with E-state index in [0.717, 1.165) is 13.1 Å². The molecule has 0 amide bonds. The van der Waals surface area contributed by atoms with Crippen molar-refractivity contribution in [2.75, 3.05) is 0 Å². The molecule has 6 aromatic carbocycles. The number of aryl methyl sites for hydroxylation is 2. The Labute approximate surface area is 289 Å². The Balaban J connectivity index is 1.37. The van der Waals surface area contributed by atoms with Gasteiger partial charge in [-0.2, -0.15) is 0 Å². The maximum absolute atomic E-state index is 2.58. The average molecular weight is 649 g/mol. The highest BCUT2D eigenvalue weighted by Crippen LogP contribution is 2.56.